The molecule has 6 heteroatoms. The van der Waals surface area contributed by atoms with Crippen molar-refractivity contribution in [1.82, 2.24) is 0 Å². The van der Waals surface area contributed by atoms with Gasteiger partial charge >= 0.3 is 6.18 Å². The van der Waals surface area contributed by atoms with Crippen LogP contribution in [-0.4, -0.2) is 12.7 Å². The molecule has 1 aromatic carbocycles. The standard InChI is InChI=1S/C20H23F5O/c1-2-12-3-8-18(26-11-12)14-6-4-13(5-7-14)15-9-16(21)19(17(22)10-15)20(23,24)25/h2,9-10,12-14,18H,1,3-8,11H2. The quantitative estimate of drug-likeness (QED) is 0.450. The maximum atomic E-state index is 13.8. The number of hydrogen-bond donors (Lipinski definition) is 0. The molecule has 0 aromatic heterocycles. The van der Waals surface area contributed by atoms with Crippen molar-refractivity contribution in [2.45, 2.75) is 56.7 Å². The minimum Gasteiger partial charge on any atom is -0.377 e. The van der Waals surface area contributed by atoms with Crippen LogP contribution in [0.3, 0.4) is 0 Å². The Morgan fingerprint density at radius 1 is 0.962 bits per heavy atom. The molecule has 1 aliphatic carbocycles. The molecule has 1 nitrogen and oxygen atoms in total. The molecule has 1 saturated heterocycles. The van der Waals surface area contributed by atoms with Crippen molar-refractivity contribution in [2.24, 2.45) is 11.8 Å². The average Bonchev–Trinajstić information content (AvgIpc) is 2.60. The lowest BCUT2D eigenvalue weighted by atomic mass is 9.75. The lowest BCUT2D eigenvalue weighted by Gasteiger charge is -2.37. The van der Waals surface area contributed by atoms with E-state index in [0.29, 0.717) is 36.8 Å². The van der Waals surface area contributed by atoms with Gasteiger partial charge in [-0.15, -0.1) is 6.58 Å². The predicted molar refractivity (Wildman–Crippen MR) is 88.7 cm³/mol. The minimum absolute atomic E-state index is 0.109. The normalized spacial score (nSPS) is 30.2. The molecule has 0 N–H and O–H groups in total. The van der Waals surface area contributed by atoms with E-state index in [0.717, 1.165) is 37.8 Å². The lowest BCUT2D eigenvalue weighted by molar-refractivity contribution is -0.142. The maximum absolute atomic E-state index is 13.8. The monoisotopic (exact) mass is 374 g/mol. The molecule has 2 aliphatic rings. The smallest absolute Gasteiger partial charge is 0.377 e. The first-order valence-corrected chi connectivity index (χ1v) is 9.10. The molecule has 0 spiro atoms. The number of rotatable bonds is 3. The van der Waals surface area contributed by atoms with E-state index in [9.17, 15) is 22.0 Å². The van der Waals surface area contributed by atoms with Crippen LogP contribution in [0.1, 0.15) is 55.6 Å². The van der Waals surface area contributed by atoms with Gasteiger partial charge in [-0.1, -0.05) is 6.08 Å². The van der Waals surface area contributed by atoms with Gasteiger partial charge in [0.15, 0.2) is 0 Å². The van der Waals surface area contributed by atoms with E-state index in [1.807, 2.05) is 6.08 Å². The molecule has 3 rings (SSSR count). The van der Waals surface area contributed by atoms with Gasteiger partial charge in [0.1, 0.15) is 17.2 Å². The second-order valence-electron chi connectivity index (χ2n) is 7.41. The highest BCUT2D eigenvalue weighted by atomic mass is 19.4. The fourth-order valence-electron chi connectivity index (χ4n) is 4.27. The number of benzene rings is 1. The summed E-state index contributed by atoms with van der Waals surface area (Å²) in [5.74, 6) is -2.36. The molecule has 2 unspecified atom stereocenters. The van der Waals surface area contributed by atoms with Gasteiger partial charge in [0.05, 0.1) is 12.7 Å². The third kappa shape index (κ3) is 4.11. The Morgan fingerprint density at radius 2 is 1.58 bits per heavy atom. The Morgan fingerprint density at radius 3 is 2.04 bits per heavy atom. The number of halogens is 5. The number of alkyl halides is 3. The lowest BCUT2D eigenvalue weighted by Crippen LogP contribution is -2.33. The summed E-state index contributed by atoms with van der Waals surface area (Å²) in [4.78, 5) is 0. The molecule has 2 fully saturated rings. The van der Waals surface area contributed by atoms with Crippen molar-refractivity contribution in [3.8, 4) is 0 Å². The molecule has 1 aliphatic heterocycles. The van der Waals surface area contributed by atoms with Gasteiger partial charge < -0.3 is 4.74 Å². The van der Waals surface area contributed by atoms with Gasteiger partial charge in [-0.3, -0.25) is 0 Å². The predicted octanol–water partition coefficient (Wildman–Crippen LogP) is 6.24. The summed E-state index contributed by atoms with van der Waals surface area (Å²) in [5.41, 5.74) is -1.48. The first-order valence-electron chi connectivity index (χ1n) is 9.10. The zero-order valence-electron chi connectivity index (χ0n) is 14.5. The fraction of sp³-hybridized carbons (Fsp3) is 0.600. The first kappa shape index (κ1) is 19.3. The van der Waals surface area contributed by atoms with Crippen LogP contribution in [0.5, 0.6) is 0 Å². The van der Waals surface area contributed by atoms with Crippen LogP contribution in [0.15, 0.2) is 24.8 Å². The third-order valence-electron chi connectivity index (χ3n) is 5.80. The van der Waals surface area contributed by atoms with Crippen molar-refractivity contribution in [3.05, 3.63) is 47.5 Å². The molecule has 1 heterocycles. The van der Waals surface area contributed by atoms with Crippen LogP contribution in [0.4, 0.5) is 22.0 Å². The largest absolute Gasteiger partial charge is 0.422 e. The van der Waals surface area contributed by atoms with Crippen molar-refractivity contribution in [2.75, 3.05) is 6.61 Å². The molecule has 1 saturated carbocycles. The first-order chi connectivity index (χ1) is 12.3. The Bertz CT molecular complexity index is 615. The summed E-state index contributed by atoms with van der Waals surface area (Å²) in [6, 6.07) is 1.70. The molecule has 26 heavy (non-hydrogen) atoms. The summed E-state index contributed by atoms with van der Waals surface area (Å²) >= 11 is 0. The minimum atomic E-state index is -5.02. The molecule has 2 atom stereocenters. The van der Waals surface area contributed by atoms with Crippen LogP contribution >= 0.6 is 0 Å². The summed E-state index contributed by atoms with van der Waals surface area (Å²) in [6.45, 7) is 4.47. The summed E-state index contributed by atoms with van der Waals surface area (Å²) in [7, 11) is 0. The average molecular weight is 374 g/mol. The summed E-state index contributed by atoms with van der Waals surface area (Å²) < 4.78 is 71.6. The second-order valence-corrected chi connectivity index (χ2v) is 7.41. The van der Waals surface area contributed by atoms with Gasteiger partial charge in [0.2, 0.25) is 0 Å². The van der Waals surface area contributed by atoms with Gasteiger partial charge in [0, 0.05) is 5.92 Å². The van der Waals surface area contributed by atoms with Gasteiger partial charge in [0.25, 0.3) is 0 Å². The Balaban J connectivity index is 1.63. The van der Waals surface area contributed by atoms with Gasteiger partial charge in [-0.05, 0) is 68.1 Å². The maximum Gasteiger partial charge on any atom is 0.422 e. The van der Waals surface area contributed by atoms with E-state index in [1.165, 1.54) is 0 Å². The Kier molecular flexibility index (Phi) is 5.70. The zero-order chi connectivity index (χ0) is 18.9. The Labute approximate surface area is 150 Å². The van der Waals surface area contributed by atoms with Gasteiger partial charge in [-0.25, -0.2) is 8.78 Å². The van der Waals surface area contributed by atoms with Crippen LogP contribution in [0.2, 0.25) is 0 Å². The highest BCUT2D eigenvalue weighted by molar-refractivity contribution is 5.30. The van der Waals surface area contributed by atoms with Crippen molar-refractivity contribution >= 4 is 0 Å². The molecule has 0 radical (unpaired) electrons. The summed E-state index contributed by atoms with van der Waals surface area (Å²) in [6.07, 6.45) is 2.27. The molecular formula is C20H23F5O. The number of ether oxygens (including phenoxy) is 1. The highest BCUT2D eigenvalue weighted by Crippen LogP contribution is 2.42. The fourth-order valence-corrected chi connectivity index (χ4v) is 4.27. The van der Waals surface area contributed by atoms with E-state index < -0.39 is 23.4 Å². The van der Waals surface area contributed by atoms with Crippen LogP contribution in [0, 0.1) is 23.5 Å². The van der Waals surface area contributed by atoms with Crippen molar-refractivity contribution in [3.63, 3.8) is 0 Å². The molecule has 0 amide bonds. The second kappa shape index (κ2) is 7.67. The van der Waals surface area contributed by atoms with Crippen LogP contribution in [0.25, 0.3) is 0 Å². The van der Waals surface area contributed by atoms with E-state index in [2.05, 4.69) is 6.58 Å². The summed E-state index contributed by atoms with van der Waals surface area (Å²) in [5, 5.41) is 0. The van der Waals surface area contributed by atoms with Gasteiger partial charge in [-0.2, -0.15) is 13.2 Å². The molecule has 144 valence electrons. The van der Waals surface area contributed by atoms with E-state index >= 15 is 0 Å². The molecule has 0 bridgehead atoms. The number of hydrogen-bond acceptors (Lipinski definition) is 1. The van der Waals surface area contributed by atoms with Crippen LogP contribution < -0.4 is 0 Å². The van der Waals surface area contributed by atoms with Crippen LogP contribution in [-0.2, 0) is 10.9 Å². The molecule has 1 aromatic rings. The zero-order valence-corrected chi connectivity index (χ0v) is 14.5. The van der Waals surface area contributed by atoms with E-state index in [1.54, 1.807) is 0 Å². The molecular weight excluding hydrogens is 351 g/mol. The third-order valence-corrected chi connectivity index (χ3v) is 5.80. The Hall–Kier alpha value is -1.43. The van der Waals surface area contributed by atoms with Crippen molar-refractivity contribution < 1.29 is 26.7 Å². The van der Waals surface area contributed by atoms with Crippen molar-refractivity contribution in [1.29, 1.82) is 0 Å². The topological polar surface area (TPSA) is 9.23 Å². The highest BCUT2D eigenvalue weighted by Gasteiger charge is 2.39. The SMILES string of the molecule is C=CC1CCC(C2CCC(c3cc(F)c(C(F)(F)F)c(F)c3)CC2)OC1. The van der Waals surface area contributed by atoms with E-state index in [-0.39, 0.29) is 12.0 Å². The van der Waals surface area contributed by atoms with E-state index in [4.69, 9.17) is 4.74 Å².